The third-order valence-electron chi connectivity index (χ3n) is 5.37. The molecule has 2 N–H and O–H groups in total. The molecular formula is C20H22N6O4S. The van der Waals surface area contributed by atoms with Gasteiger partial charge in [-0.15, -0.1) is 11.3 Å². The lowest BCUT2D eigenvalue weighted by Crippen LogP contribution is -2.63. The van der Waals surface area contributed by atoms with Crippen LogP contribution in [0, 0.1) is 0 Å². The molecule has 0 aliphatic carbocycles. The maximum Gasteiger partial charge on any atom is 0.264 e. The number of nitrogens with zero attached hydrogens (tertiary/aromatic N) is 4. The van der Waals surface area contributed by atoms with Crippen LogP contribution in [-0.4, -0.2) is 81.7 Å². The van der Waals surface area contributed by atoms with Crippen molar-refractivity contribution in [2.24, 2.45) is 0 Å². The number of thiophene rings is 1. The van der Waals surface area contributed by atoms with Crippen LogP contribution >= 0.6 is 11.3 Å². The number of nitrogens with one attached hydrogen (secondary N) is 2. The Bertz CT molecular complexity index is 967. The van der Waals surface area contributed by atoms with Crippen LogP contribution in [0.4, 0.5) is 0 Å². The number of hydrogen-bond donors (Lipinski definition) is 2. The highest BCUT2D eigenvalue weighted by molar-refractivity contribution is 7.12. The van der Waals surface area contributed by atoms with Gasteiger partial charge in [0.15, 0.2) is 0 Å². The molecule has 11 heteroatoms. The highest BCUT2D eigenvalue weighted by atomic mass is 32.1. The van der Waals surface area contributed by atoms with Gasteiger partial charge in [-0.05, 0) is 24.3 Å². The monoisotopic (exact) mass is 442 g/mol. The molecule has 0 radical (unpaired) electrons. The largest absolute Gasteiger partial charge is 0.354 e. The fourth-order valence-corrected chi connectivity index (χ4v) is 4.43. The Labute approximate surface area is 182 Å². The third-order valence-corrected chi connectivity index (χ3v) is 6.23. The first-order valence-corrected chi connectivity index (χ1v) is 10.9. The maximum absolute atomic E-state index is 13.2. The molecule has 10 nitrogen and oxygen atoms in total. The quantitative estimate of drug-likeness (QED) is 0.681. The second kappa shape index (κ2) is 9.21. The number of piperidine rings is 1. The van der Waals surface area contributed by atoms with E-state index in [-0.39, 0.29) is 37.4 Å². The second-order valence-electron chi connectivity index (χ2n) is 7.36. The van der Waals surface area contributed by atoms with Crippen molar-refractivity contribution in [3.05, 3.63) is 46.7 Å². The van der Waals surface area contributed by atoms with Gasteiger partial charge in [-0.25, -0.2) is 9.97 Å². The topological polar surface area (TPSA) is 125 Å². The number of aromatic nitrogens is 2. The van der Waals surface area contributed by atoms with Crippen LogP contribution in [0.25, 0.3) is 0 Å². The Balaban J connectivity index is 1.54. The molecule has 4 amide bonds. The van der Waals surface area contributed by atoms with E-state index in [2.05, 4.69) is 20.6 Å². The standard InChI is InChI=1S/C20H22N6O4S/c27-17-14(3-1-5-23-17)24-18(28)15-11-25(19(29)13-9-21-12-22-10-13)6-7-26(15)20(30)16-4-2-8-31-16/h2,4,8-10,12,14-15H,1,3,5-7,11H2,(H,23,27)(H,24,28)/t14-,15+/m0/s1. The van der Waals surface area contributed by atoms with Crippen LogP contribution in [0.15, 0.2) is 36.2 Å². The average molecular weight is 443 g/mol. The van der Waals surface area contributed by atoms with Gasteiger partial charge in [0.05, 0.1) is 17.0 Å². The summed E-state index contributed by atoms with van der Waals surface area (Å²) in [6.07, 6.45) is 5.46. The molecule has 2 aliphatic heterocycles. The van der Waals surface area contributed by atoms with Crippen LogP contribution in [0.1, 0.15) is 32.9 Å². The number of carbonyl (C=O) groups is 4. The summed E-state index contributed by atoms with van der Waals surface area (Å²) < 4.78 is 0. The molecule has 0 aromatic carbocycles. The lowest BCUT2D eigenvalue weighted by Gasteiger charge is -2.41. The SMILES string of the molecule is O=C1NCCC[C@@H]1NC(=O)[C@H]1CN(C(=O)c2cncnc2)CCN1C(=O)c1cccs1. The van der Waals surface area contributed by atoms with Gasteiger partial charge in [-0.1, -0.05) is 6.07 Å². The van der Waals surface area contributed by atoms with Crippen molar-refractivity contribution in [3.8, 4) is 0 Å². The van der Waals surface area contributed by atoms with Crippen LogP contribution in [0.2, 0.25) is 0 Å². The van der Waals surface area contributed by atoms with Crippen LogP contribution < -0.4 is 10.6 Å². The van der Waals surface area contributed by atoms with E-state index in [0.29, 0.717) is 23.4 Å². The van der Waals surface area contributed by atoms with Gasteiger partial charge in [-0.2, -0.15) is 0 Å². The van der Waals surface area contributed by atoms with Crippen LogP contribution in [0.3, 0.4) is 0 Å². The van der Waals surface area contributed by atoms with Crippen LogP contribution in [-0.2, 0) is 9.59 Å². The summed E-state index contributed by atoms with van der Waals surface area (Å²) in [5.74, 6) is -1.26. The molecule has 162 valence electrons. The van der Waals surface area contributed by atoms with Gasteiger partial charge < -0.3 is 20.4 Å². The lowest BCUT2D eigenvalue weighted by molar-refractivity contribution is -0.133. The molecule has 2 saturated heterocycles. The highest BCUT2D eigenvalue weighted by Crippen LogP contribution is 2.19. The molecule has 0 bridgehead atoms. The van der Waals surface area contributed by atoms with Gasteiger partial charge in [0.1, 0.15) is 18.4 Å². The molecule has 0 spiro atoms. The van der Waals surface area contributed by atoms with Crippen molar-refractivity contribution in [1.29, 1.82) is 0 Å². The van der Waals surface area contributed by atoms with Crippen molar-refractivity contribution in [3.63, 3.8) is 0 Å². The summed E-state index contributed by atoms with van der Waals surface area (Å²) in [4.78, 5) is 62.4. The first-order valence-electron chi connectivity index (χ1n) is 10.0. The molecule has 2 fully saturated rings. The summed E-state index contributed by atoms with van der Waals surface area (Å²) in [7, 11) is 0. The summed E-state index contributed by atoms with van der Waals surface area (Å²) in [5, 5.41) is 7.29. The average Bonchev–Trinajstić information content (AvgIpc) is 3.35. The highest BCUT2D eigenvalue weighted by Gasteiger charge is 2.39. The Morgan fingerprint density at radius 3 is 2.68 bits per heavy atom. The Morgan fingerprint density at radius 1 is 1.16 bits per heavy atom. The second-order valence-corrected chi connectivity index (χ2v) is 8.31. The Hall–Kier alpha value is -3.34. The zero-order valence-electron chi connectivity index (χ0n) is 16.7. The van der Waals surface area contributed by atoms with Crippen molar-refractivity contribution >= 4 is 35.0 Å². The van der Waals surface area contributed by atoms with E-state index in [1.165, 1.54) is 39.9 Å². The van der Waals surface area contributed by atoms with E-state index in [1.807, 2.05) is 0 Å². The normalized spacial score (nSPS) is 21.4. The van der Waals surface area contributed by atoms with Crippen LogP contribution in [0.5, 0.6) is 0 Å². The number of carbonyl (C=O) groups excluding carboxylic acids is 4. The minimum Gasteiger partial charge on any atom is -0.354 e. The van der Waals surface area contributed by atoms with E-state index in [9.17, 15) is 19.2 Å². The van der Waals surface area contributed by atoms with E-state index in [4.69, 9.17) is 0 Å². The molecule has 2 atom stereocenters. The third kappa shape index (κ3) is 4.55. The first kappa shape index (κ1) is 20.9. The summed E-state index contributed by atoms with van der Waals surface area (Å²) in [5.41, 5.74) is 0.311. The van der Waals surface area contributed by atoms with Gasteiger partial charge in [-0.3, -0.25) is 19.2 Å². The minimum atomic E-state index is -0.911. The van der Waals surface area contributed by atoms with E-state index >= 15 is 0 Å². The molecule has 4 heterocycles. The Kier molecular flexibility index (Phi) is 6.21. The van der Waals surface area contributed by atoms with Crippen molar-refractivity contribution < 1.29 is 19.2 Å². The van der Waals surface area contributed by atoms with E-state index in [0.717, 1.165) is 6.42 Å². The zero-order valence-corrected chi connectivity index (χ0v) is 17.5. The van der Waals surface area contributed by atoms with Gasteiger partial charge in [0.25, 0.3) is 11.8 Å². The molecule has 2 aromatic rings. The fraction of sp³-hybridized carbons (Fsp3) is 0.400. The minimum absolute atomic E-state index is 0.0189. The Morgan fingerprint density at radius 2 is 1.97 bits per heavy atom. The number of rotatable bonds is 4. The summed E-state index contributed by atoms with van der Waals surface area (Å²) >= 11 is 1.29. The van der Waals surface area contributed by atoms with Gasteiger partial charge in [0, 0.05) is 32.0 Å². The lowest BCUT2D eigenvalue weighted by atomic mass is 10.0. The molecular weight excluding hydrogens is 420 g/mol. The number of amides is 4. The van der Waals surface area contributed by atoms with Crippen molar-refractivity contribution in [2.75, 3.05) is 26.2 Å². The molecule has 31 heavy (non-hydrogen) atoms. The molecule has 4 rings (SSSR count). The predicted octanol–water partition coefficient (Wildman–Crippen LogP) is -0.100. The fourth-order valence-electron chi connectivity index (χ4n) is 3.75. The number of piperazine rings is 1. The predicted molar refractivity (Wildman–Crippen MR) is 111 cm³/mol. The summed E-state index contributed by atoms with van der Waals surface area (Å²) in [6.45, 7) is 1.08. The number of hydrogen-bond acceptors (Lipinski definition) is 7. The van der Waals surface area contributed by atoms with E-state index in [1.54, 1.807) is 17.5 Å². The van der Waals surface area contributed by atoms with Crippen molar-refractivity contribution in [2.45, 2.75) is 24.9 Å². The molecule has 0 unspecified atom stereocenters. The van der Waals surface area contributed by atoms with Gasteiger partial charge in [0.2, 0.25) is 11.8 Å². The zero-order chi connectivity index (χ0) is 21.8. The first-order chi connectivity index (χ1) is 15.0. The van der Waals surface area contributed by atoms with E-state index < -0.39 is 18.0 Å². The molecule has 2 aliphatic rings. The van der Waals surface area contributed by atoms with Crippen molar-refractivity contribution in [1.82, 2.24) is 30.4 Å². The summed E-state index contributed by atoms with van der Waals surface area (Å²) in [6, 6.07) is 1.92. The maximum atomic E-state index is 13.2. The molecule has 2 aromatic heterocycles. The molecule has 0 saturated carbocycles. The van der Waals surface area contributed by atoms with Gasteiger partial charge >= 0.3 is 0 Å². The smallest absolute Gasteiger partial charge is 0.264 e.